The zero-order valence-corrected chi connectivity index (χ0v) is 14.1. The van der Waals surface area contributed by atoms with Crippen molar-refractivity contribution in [2.45, 2.75) is 38.9 Å². The monoisotopic (exact) mass is 310 g/mol. The van der Waals surface area contributed by atoms with E-state index in [2.05, 4.69) is 5.32 Å². The first kappa shape index (κ1) is 18.3. The number of carbonyl (C=O) groups is 1. The molecule has 1 atom stereocenters. The van der Waals surface area contributed by atoms with Crippen LogP contribution in [0.3, 0.4) is 0 Å². The Hall–Kier alpha value is -1.79. The summed E-state index contributed by atoms with van der Waals surface area (Å²) >= 11 is 0. The van der Waals surface area contributed by atoms with Gasteiger partial charge in [0.05, 0.1) is 7.11 Å². The molecule has 6 nitrogen and oxygen atoms in total. The molecule has 0 spiro atoms. The Morgan fingerprint density at radius 3 is 2.32 bits per heavy atom. The lowest BCUT2D eigenvalue weighted by molar-refractivity contribution is 0.00824. The summed E-state index contributed by atoms with van der Waals surface area (Å²) in [5, 5.41) is 2.67. The molecular formula is C16H26N2O4. The third-order valence-electron chi connectivity index (χ3n) is 3.26. The average Bonchev–Trinajstić information content (AvgIpc) is 2.44. The van der Waals surface area contributed by atoms with Crippen molar-refractivity contribution in [2.24, 2.45) is 5.73 Å². The molecule has 0 saturated carbocycles. The molecule has 1 aromatic rings. The number of hydrogen-bond acceptors (Lipinski definition) is 5. The molecule has 1 unspecified atom stereocenters. The van der Waals surface area contributed by atoms with Crippen molar-refractivity contribution in [3.05, 3.63) is 23.8 Å². The standard InChI is InChI=1S/C16H26N2O4/c1-15(2,3)22-14(19)18-11-7-8-12(13(9-11)20-5)16(4,10-17)21-6/h7-9H,10,17H2,1-6H3,(H,18,19). The van der Waals surface area contributed by atoms with Gasteiger partial charge >= 0.3 is 6.09 Å². The molecular weight excluding hydrogens is 284 g/mol. The summed E-state index contributed by atoms with van der Waals surface area (Å²) in [5.41, 5.74) is 5.97. The van der Waals surface area contributed by atoms with Crippen molar-refractivity contribution in [1.82, 2.24) is 0 Å². The minimum atomic E-state index is -0.657. The van der Waals surface area contributed by atoms with Crippen molar-refractivity contribution in [2.75, 3.05) is 26.1 Å². The van der Waals surface area contributed by atoms with Gasteiger partial charge in [0.2, 0.25) is 0 Å². The summed E-state index contributed by atoms with van der Waals surface area (Å²) in [7, 11) is 3.15. The summed E-state index contributed by atoms with van der Waals surface area (Å²) in [5.74, 6) is 0.586. The van der Waals surface area contributed by atoms with Crippen LogP contribution in [0.5, 0.6) is 5.75 Å². The van der Waals surface area contributed by atoms with Gasteiger partial charge in [-0.05, 0) is 33.8 Å². The zero-order chi connectivity index (χ0) is 17.0. The lowest BCUT2D eigenvalue weighted by atomic mass is 9.94. The highest BCUT2D eigenvalue weighted by atomic mass is 16.6. The zero-order valence-electron chi connectivity index (χ0n) is 14.1. The number of nitrogens with one attached hydrogen (secondary N) is 1. The van der Waals surface area contributed by atoms with E-state index in [1.165, 1.54) is 0 Å². The second-order valence-electron chi connectivity index (χ2n) is 6.18. The summed E-state index contributed by atoms with van der Waals surface area (Å²) in [6, 6.07) is 5.29. The van der Waals surface area contributed by atoms with Crippen LogP contribution in [0.1, 0.15) is 33.3 Å². The Labute approximate surface area is 131 Å². The average molecular weight is 310 g/mol. The highest BCUT2D eigenvalue weighted by molar-refractivity contribution is 5.85. The first-order chi connectivity index (χ1) is 10.1. The SMILES string of the molecule is COc1cc(NC(=O)OC(C)(C)C)ccc1C(C)(CN)OC. The first-order valence-electron chi connectivity index (χ1n) is 7.09. The van der Waals surface area contributed by atoms with E-state index in [-0.39, 0.29) is 0 Å². The van der Waals surface area contributed by atoms with E-state index < -0.39 is 17.3 Å². The summed E-state index contributed by atoms with van der Waals surface area (Å²) in [6.45, 7) is 7.61. The Balaban J connectivity index is 3.01. The van der Waals surface area contributed by atoms with Gasteiger partial charge in [0.1, 0.15) is 17.0 Å². The van der Waals surface area contributed by atoms with Crippen molar-refractivity contribution in [1.29, 1.82) is 0 Å². The normalized spacial score (nSPS) is 14.1. The molecule has 1 amide bonds. The van der Waals surface area contributed by atoms with Crippen molar-refractivity contribution < 1.29 is 19.0 Å². The molecule has 22 heavy (non-hydrogen) atoms. The van der Waals surface area contributed by atoms with E-state index in [1.807, 2.05) is 33.8 Å². The van der Waals surface area contributed by atoms with Crippen LogP contribution in [0.4, 0.5) is 10.5 Å². The minimum Gasteiger partial charge on any atom is -0.496 e. The maximum absolute atomic E-state index is 11.8. The fraction of sp³-hybridized carbons (Fsp3) is 0.562. The number of anilines is 1. The van der Waals surface area contributed by atoms with E-state index in [0.29, 0.717) is 18.0 Å². The quantitative estimate of drug-likeness (QED) is 0.874. The Kier molecular flexibility index (Phi) is 5.79. The fourth-order valence-electron chi connectivity index (χ4n) is 1.93. The predicted molar refractivity (Wildman–Crippen MR) is 86.3 cm³/mol. The van der Waals surface area contributed by atoms with Crippen LogP contribution < -0.4 is 15.8 Å². The molecule has 0 fully saturated rings. The number of ether oxygens (including phenoxy) is 3. The number of methoxy groups -OCH3 is 2. The van der Waals surface area contributed by atoms with Crippen LogP contribution >= 0.6 is 0 Å². The van der Waals surface area contributed by atoms with Gasteiger partial charge in [-0.2, -0.15) is 0 Å². The Bertz CT molecular complexity index is 519. The number of benzene rings is 1. The molecule has 1 aromatic carbocycles. The highest BCUT2D eigenvalue weighted by Gasteiger charge is 2.28. The van der Waals surface area contributed by atoms with Gasteiger partial charge < -0.3 is 19.9 Å². The lowest BCUT2D eigenvalue weighted by Crippen LogP contribution is -2.34. The number of carbonyl (C=O) groups excluding carboxylic acids is 1. The largest absolute Gasteiger partial charge is 0.496 e. The van der Waals surface area contributed by atoms with E-state index >= 15 is 0 Å². The summed E-state index contributed by atoms with van der Waals surface area (Å²) in [4.78, 5) is 11.8. The number of hydrogen-bond donors (Lipinski definition) is 2. The lowest BCUT2D eigenvalue weighted by Gasteiger charge is -2.29. The maximum atomic E-state index is 11.8. The summed E-state index contributed by atoms with van der Waals surface area (Å²) < 4.78 is 16.1. The van der Waals surface area contributed by atoms with Crippen molar-refractivity contribution in [3.8, 4) is 5.75 Å². The molecule has 0 aromatic heterocycles. The molecule has 0 saturated heterocycles. The second kappa shape index (κ2) is 6.98. The topological polar surface area (TPSA) is 82.8 Å². The van der Waals surface area contributed by atoms with Gasteiger partial charge in [0, 0.05) is 31.0 Å². The number of rotatable bonds is 5. The van der Waals surface area contributed by atoms with Crippen LogP contribution in [-0.2, 0) is 15.1 Å². The van der Waals surface area contributed by atoms with Gasteiger partial charge in [0.15, 0.2) is 0 Å². The van der Waals surface area contributed by atoms with Crippen LogP contribution in [0.2, 0.25) is 0 Å². The molecule has 0 aliphatic carbocycles. The maximum Gasteiger partial charge on any atom is 0.412 e. The minimum absolute atomic E-state index is 0.304. The van der Waals surface area contributed by atoms with Gasteiger partial charge in [-0.1, -0.05) is 6.07 Å². The molecule has 6 heteroatoms. The highest BCUT2D eigenvalue weighted by Crippen LogP contribution is 2.34. The Morgan fingerprint density at radius 2 is 1.86 bits per heavy atom. The van der Waals surface area contributed by atoms with E-state index in [9.17, 15) is 4.79 Å². The van der Waals surface area contributed by atoms with Gasteiger partial charge in [-0.25, -0.2) is 4.79 Å². The smallest absolute Gasteiger partial charge is 0.412 e. The molecule has 124 valence electrons. The van der Waals surface area contributed by atoms with E-state index in [0.717, 1.165) is 5.56 Å². The predicted octanol–water partition coefficient (Wildman–Crippen LogP) is 2.86. The van der Waals surface area contributed by atoms with Crippen molar-refractivity contribution in [3.63, 3.8) is 0 Å². The second-order valence-corrected chi connectivity index (χ2v) is 6.18. The molecule has 0 bridgehead atoms. The molecule has 0 aliphatic rings. The number of nitrogens with two attached hydrogens (primary N) is 1. The molecule has 3 N–H and O–H groups in total. The van der Waals surface area contributed by atoms with E-state index in [4.69, 9.17) is 19.9 Å². The van der Waals surface area contributed by atoms with Crippen LogP contribution in [0.25, 0.3) is 0 Å². The van der Waals surface area contributed by atoms with Crippen LogP contribution in [-0.4, -0.2) is 32.5 Å². The first-order valence-corrected chi connectivity index (χ1v) is 7.09. The van der Waals surface area contributed by atoms with Gasteiger partial charge in [-0.3, -0.25) is 5.32 Å². The molecule has 0 aliphatic heterocycles. The third-order valence-corrected chi connectivity index (χ3v) is 3.26. The van der Waals surface area contributed by atoms with Crippen molar-refractivity contribution >= 4 is 11.8 Å². The summed E-state index contributed by atoms with van der Waals surface area (Å²) in [6.07, 6.45) is -0.518. The van der Waals surface area contributed by atoms with Gasteiger partial charge in [-0.15, -0.1) is 0 Å². The van der Waals surface area contributed by atoms with Gasteiger partial charge in [0.25, 0.3) is 0 Å². The number of amides is 1. The fourth-order valence-corrected chi connectivity index (χ4v) is 1.93. The van der Waals surface area contributed by atoms with Crippen LogP contribution in [0, 0.1) is 0 Å². The Morgan fingerprint density at radius 1 is 1.23 bits per heavy atom. The molecule has 1 rings (SSSR count). The molecule has 0 radical (unpaired) electrons. The molecule has 0 heterocycles. The van der Waals surface area contributed by atoms with Crippen LogP contribution in [0.15, 0.2) is 18.2 Å². The van der Waals surface area contributed by atoms with E-state index in [1.54, 1.807) is 26.4 Å². The third kappa shape index (κ3) is 4.61.